The molecule has 0 spiro atoms. The first kappa shape index (κ1) is 22.6. The minimum absolute atomic E-state index is 0.0601. The number of carbonyl (C=O) groups is 2. The molecule has 0 aliphatic heterocycles. The number of nitrogens with two attached hydrogens (primary N) is 1. The first-order valence-corrected chi connectivity index (χ1v) is 9.96. The molecule has 8 nitrogen and oxygen atoms in total. The SMILES string of the molecule is COC(=O)/N=C(\N)c1ccc(CN(C(=O)c2cc(C)[nH]c2C)c2ccc(OC)cc2)cc1. The van der Waals surface area contributed by atoms with E-state index < -0.39 is 6.09 Å². The van der Waals surface area contributed by atoms with Crippen molar-refractivity contribution in [1.29, 1.82) is 0 Å². The van der Waals surface area contributed by atoms with Crippen molar-refractivity contribution in [3.8, 4) is 5.75 Å². The molecular weight excluding hydrogens is 408 g/mol. The lowest BCUT2D eigenvalue weighted by molar-refractivity contribution is 0.0984. The van der Waals surface area contributed by atoms with Gasteiger partial charge in [0.1, 0.15) is 11.6 Å². The zero-order chi connectivity index (χ0) is 23.3. The van der Waals surface area contributed by atoms with Gasteiger partial charge in [0.15, 0.2) is 0 Å². The van der Waals surface area contributed by atoms with Crippen LogP contribution < -0.4 is 15.4 Å². The maximum absolute atomic E-state index is 13.5. The number of amidine groups is 1. The first-order valence-electron chi connectivity index (χ1n) is 9.96. The number of aryl methyl sites for hydroxylation is 2. The summed E-state index contributed by atoms with van der Waals surface area (Å²) < 4.78 is 9.74. The summed E-state index contributed by atoms with van der Waals surface area (Å²) in [5, 5.41) is 0. The number of hydrogen-bond donors (Lipinski definition) is 2. The Morgan fingerprint density at radius 2 is 1.69 bits per heavy atom. The molecule has 0 radical (unpaired) electrons. The number of ether oxygens (including phenoxy) is 2. The molecular formula is C24H26N4O4. The van der Waals surface area contributed by atoms with Crippen molar-refractivity contribution in [1.82, 2.24) is 4.98 Å². The number of aromatic amines is 1. The van der Waals surface area contributed by atoms with E-state index in [1.54, 1.807) is 24.1 Å². The van der Waals surface area contributed by atoms with Gasteiger partial charge in [-0.3, -0.25) is 4.79 Å². The molecule has 0 fully saturated rings. The van der Waals surface area contributed by atoms with E-state index >= 15 is 0 Å². The maximum atomic E-state index is 13.5. The van der Waals surface area contributed by atoms with Crippen LogP contribution in [0.4, 0.5) is 10.5 Å². The molecule has 0 aliphatic carbocycles. The number of benzene rings is 2. The van der Waals surface area contributed by atoms with Crippen LogP contribution in [-0.4, -0.2) is 37.0 Å². The Labute approximate surface area is 186 Å². The number of aliphatic imine (C=N–C) groups is 1. The molecule has 0 atom stereocenters. The monoisotopic (exact) mass is 434 g/mol. The predicted molar refractivity (Wildman–Crippen MR) is 123 cm³/mol. The number of nitrogens with one attached hydrogen (secondary N) is 1. The summed E-state index contributed by atoms with van der Waals surface area (Å²) in [5.74, 6) is 0.650. The predicted octanol–water partition coefficient (Wildman–Crippen LogP) is 3.96. The van der Waals surface area contributed by atoms with E-state index in [4.69, 9.17) is 10.5 Å². The van der Waals surface area contributed by atoms with Crippen LogP contribution in [0.2, 0.25) is 0 Å². The molecule has 1 heterocycles. The van der Waals surface area contributed by atoms with E-state index in [1.807, 2.05) is 56.3 Å². The van der Waals surface area contributed by atoms with Crippen molar-refractivity contribution in [2.24, 2.45) is 10.7 Å². The molecule has 0 saturated carbocycles. The van der Waals surface area contributed by atoms with Gasteiger partial charge in [0, 0.05) is 22.6 Å². The summed E-state index contributed by atoms with van der Waals surface area (Å²) >= 11 is 0. The quantitative estimate of drug-likeness (QED) is 0.451. The van der Waals surface area contributed by atoms with Crippen LogP contribution in [0.3, 0.4) is 0 Å². The minimum Gasteiger partial charge on any atom is -0.497 e. The highest BCUT2D eigenvalue weighted by atomic mass is 16.5. The zero-order valence-corrected chi connectivity index (χ0v) is 18.5. The molecule has 0 aliphatic rings. The van der Waals surface area contributed by atoms with Crippen LogP contribution in [0.15, 0.2) is 59.6 Å². The topological polar surface area (TPSA) is 110 Å². The number of nitrogens with zero attached hydrogens (tertiary/aromatic N) is 2. The third-order valence-corrected chi connectivity index (χ3v) is 4.99. The van der Waals surface area contributed by atoms with Gasteiger partial charge in [0.05, 0.1) is 26.3 Å². The molecule has 32 heavy (non-hydrogen) atoms. The highest BCUT2D eigenvalue weighted by Crippen LogP contribution is 2.25. The van der Waals surface area contributed by atoms with E-state index in [0.717, 1.165) is 22.6 Å². The van der Waals surface area contributed by atoms with E-state index in [1.165, 1.54) is 7.11 Å². The lowest BCUT2D eigenvalue weighted by atomic mass is 10.1. The van der Waals surface area contributed by atoms with Gasteiger partial charge in [-0.05, 0) is 49.7 Å². The van der Waals surface area contributed by atoms with Crippen molar-refractivity contribution >= 4 is 23.5 Å². The van der Waals surface area contributed by atoms with Gasteiger partial charge in [-0.1, -0.05) is 24.3 Å². The van der Waals surface area contributed by atoms with Gasteiger partial charge in [0.25, 0.3) is 5.91 Å². The second-order valence-electron chi connectivity index (χ2n) is 7.24. The van der Waals surface area contributed by atoms with E-state index in [0.29, 0.717) is 23.4 Å². The van der Waals surface area contributed by atoms with Crippen LogP contribution >= 0.6 is 0 Å². The summed E-state index contributed by atoms with van der Waals surface area (Å²) in [5.41, 5.74) is 10.4. The normalized spacial score (nSPS) is 11.2. The number of aromatic nitrogens is 1. The van der Waals surface area contributed by atoms with Gasteiger partial charge in [-0.15, -0.1) is 0 Å². The largest absolute Gasteiger partial charge is 0.497 e. The maximum Gasteiger partial charge on any atom is 0.435 e. The number of hydrogen-bond acceptors (Lipinski definition) is 4. The molecule has 3 rings (SSSR count). The second-order valence-corrected chi connectivity index (χ2v) is 7.24. The smallest absolute Gasteiger partial charge is 0.435 e. The number of methoxy groups -OCH3 is 2. The van der Waals surface area contributed by atoms with Crippen molar-refractivity contribution in [3.63, 3.8) is 0 Å². The fourth-order valence-electron chi connectivity index (χ4n) is 3.31. The second kappa shape index (κ2) is 9.82. The van der Waals surface area contributed by atoms with Crippen LogP contribution in [0.1, 0.15) is 32.9 Å². The third kappa shape index (κ3) is 5.15. The van der Waals surface area contributed by atoms with Crippen molar-refractivity contribution < 1.29 is 19.1 Å². The van der Waals surface area contributed by atoms with E-state index in [-0.39, 0.29) is 11.7 Å². The lowest BCUT2D eigenvalue weighted by Gasteiger charge is -2.23. The van der Waals surface area contributed by atoms with E-state index in [2.05, 4.69) is 14.7 Å². The average molecular weight is 434 g/mol. The fourth-order valence-corrected chi connectivity index (χ4v) is 3.31. The van der Waals surface area contributed by atoms with Crippen LogP contribution in [0, 0.1) is 13.8 Å². The molecule has 1 aromatic heterocycles. The molecule has 0 bridgehead atoms. The van der Waals surface area contributed by atoms with Crippen LogP contribution in [0.25, 0.3) is 0 Å². The number of carbonyl (C=O) groups excluding carboxylic acids is 2. The summed E-state index contributed by atoms with van der Waals surface area (Å²) in [6, 6.07) is 16.4. The Hall–Kier alpha value is -4.07. The molecule has 3 aromatic rings. The summed E-state index contributed by atoms with van der Waals surface area (Å²) in [4.78, 5) is 33.3. The lowest BCUT2D eigenvalue weighted by Crippen LogP contribution is -2.30. The van der Waals surface area contributed by atoms with Gasteiger partial charge in [-0.25, -0.2) is 4.79 Å². The Balaban J connectivity index is 1.91. The Morgan fingerprint density at radius 3 is 2.22 bits per heavy atom. The highest BCUT2D eigenvalue weighted by Gasteiger charge is 2.21. The minimum atomic E-state index is -0.764. The van der Waals surface area contributed by atoms with Crippen LogP contribution in [-0.2, 0) is 11.3 Å². The average Bonchev–Trinajstić information content (AvgIpc) is 3.15. The van der Waals surface area contributed by atoms with Crippen LogP contribution in [0.5, 0.6) is 5.75 Å². The fraction of sp³-hybridized carbons (Fsp3) is 0.208. The summed E-state index contributed by atoms with van der Waals surface area (Å²) in [6.45, 7) is 4.13. The Kier molecular flexibility index (Phi) is 6.94. The van der Waals surface area contributed by atoms with Gasteiger partial charge < -0.3 is 25.1 Å². The Bertz CT molecular complexity index is 1130. The molecule has 8 heteroatoms. The number of rotatable bonds is 6. The molecule has 2 amide bonds. The number of H-pyrrole nitrogens is 1. The molecule has 3 N–H and O–H groups in total. The Morgan fingerprint density at radius 1 is 1.03 bits per heavy atom. The summed E-state index contributed by atoms with van der Waals surface area (Å²) in [6.07, 6.45) is -0.764. The molecule has 0 unspecified atom stereocenters. The van der Waals surface area contributed by atoms with E-state index in [9.17, 15) is 9.59 Å². The molecule has 166 valence electrons. The first-order chi connectivity index (χ1) is 15.3. The third-order valence-electron chi connectivity index (χ3n) is 4.99. The van der Waals surface area contributed by atoms with Gasteiger partial charge in [-0.2, -0.15) is 4.99 Å². The van der Waals surface area contributed by atoms with Crippen molar-refractivity contribution in [2.75, 3.05) is 19.1 Å². The summed E-state index contributed by atoms with van der Waals surface area (Å²) in [7, 11) is 2.83. The van der Waals surface area contributed by atoms with Gasteiger partial charge in [0.2, 0.25) is 0 Å². The van der Waals surface area contributed by atoms with Gasteiger partial charge >= 0.3 is 6.09 Å². The molecule has 0 saturated heterocycles. The van der Waals surface area contributed by atoms with Crippen molar-refractivity contribution in [2.45, 2.75) is 20.4 Å². The zero-order valence-electron chi connectivity index (χ0n) is 18.5. The number of amides is 2. The highest BCUT2D eigenvalue weighted by molar-refractivity contribution is 6.07. The standard InChI is InChI=1S/C24H26N4O4/c1-15-13-21(16(2)26-15)23(29)28(19-9-11-20(31-3)12-10-19)14-17-5-7-18(8-6-17)22(25)27-24(30)32-4/h5-13,26H,14H2,1-4H3,(H2,25,27,30). The van der Waals surface area contributed by atoms with Crippen molar-refractivity contribution in [3.05, 3.63) is 82.7 Å². The number of anilines is 1. The molecule has 2 aromatic carbocycles.